The minimum atomic E-state index is -3.14. The lowest BCUT2D eigenvalue weighted by Crippen LogP contribution is -1.96. The zero-order valence-corrected chi connectivity index (χ0v) is 12.6. The van der Waals surface area contributed by atoms with E-state index in [0.29, 0.717) is 4.90 Å². The van der Waals surface area contributed by atoms with Crippen LogP contribution in [0.3, 0.4) is 0 Å². The molecule has 94 valence electrons. The predicted molar refractivity (Wildman–Crippen MR) is 73.4 cm³/mol. The number of halogens is 1. The van der Waals surface area contributed by atoms with Gasteiger partial charge in [0.15, 0.2) is 9.84 Å². The zero-order valence-electron chi connectivity index (χ0n) is 9.37. The van der Waals surface area contributed by atoms with Gasteiger partial charge in [0.1, 0.15) is 11.4 Å². The van der Waals surface area contributed by atoms with E-state index in [9.17, 15) is 8.42 Å². The van der Waals surface area contributed by atoms with Gasteiger partial charge in [-0.25, -0.2) is 18.4 Å². The number of hydrogen-bond donors (Lipinski definition) is 0. The van der Waals surface area contributed by atoms with Gasteiger partial charge in [-0.2, -0.15) is 0 Å². The van der Waals surface area contributed by atoms with Crippen LogP contribution in [0.2, 0.25) is 0 Å². The fraction of sp³-hybridized carbons (Fsp3) is 0.0909. The molecule has 0 unspecified atom stereocenters. The fourth-order valence-electron chi connectivity index (χ4n) is 1.24. The van der Waals surface area contributed by atoms with Crippen molar-refractivity contribution in [1.29, 1.82) is 0 Å². The summed E-state index contributed by atoms with van der Waals surface area (Å²) in [5.74, 6) is 0. The summed E-state index contributed by atoms with van der Waals surface area (Å²) in [6, 6.07) is 6.70. The van der Waals surface area contributed by atoms with Gasteiger partial charge in [-0.15, -0.1) is 0 Å². The molecule has 0 amide bonds. The van der Waals surface area contributed by atoms with Crippen LogP contribution in [0.1, 0.15) is 0 Å². The van der Waals surface area contributed by atoms with Crippen LogP contribution in [-0.2, 0) is 9.84 Å². The van der Waals surface area contributed by atoms with Crippen molar-refractivity contribution in [3.05, 3.63) is 41.3 Å². The van der Waals surface area contributed by atoms with Crippen LogP contribution < -0.4 is 0 Å². The molecule has 18 heavy (non-hydrogen) atoms. The molecule has 1 heterocycles. The maximum atomic E-state index is 11.3. The average Bonchev–Trinajstić information content (AvgIpc) is 2.32. The van der Waals surface area contributed by atoms with Crippen molar-refractivity contribution in [1.82, 2.24) is 9.97 Å². The van der Waals surface area contributed by atoms with E-state index >= 15 is 0 Å². The van der Waals surface area contributed by atoms with Crippen molar-refractivity contribution in [2.75, 3.05) is 6.26 Å². The second kappa shape index (κ2) is 5.38. The van der Waals surface area contributed by atoms with Gasteiger partial charge in [0, 0.05) is 17.3 Å². The Morgan fingerprint density at radius 1 is 1.22 bits per heavy atom. The van der Waals surface area contributed by atoms with Crippen LogP contribution in [0.5, 0.6) is 0 Å². The topological polar surface area (TPSA) is 59.9 Å². The third-order valence-electron chi connectivity index (χ3n) is 2.10. The third-order valence-corrected chi connectivity index (χ3v) is 5.10. The normalized spacial score (nSPS) is 11.4. The molecule has 4 nitrogen and oxygen atoms in total. The van der Waals surface area contributed by atoms with Crippen molar-refractivity contribution in [2.45, 2.75) is 14.8 Å². The molecule has 0 saturated carbocycles. The summed E-state index contributed by atoms with van der Waals surface area (Å²) in [6.45, 7) is 0. The summed E-state index contributed by atoms with van der Waals surface area (Å²) in [5, 5.41) is 0.789. The number of nitrogens with zero attached hydrogens (tertiary/aromatic N) is 2. The number of aromatic nitrogens is 2. The Labute approximate surface area is 118 Å². The van der Waals surface area contributed by atoms with Crippen LogP contribution in [0.4, 0.5) is 0 Å². The molecule has 0 radical (unpaired) electrons. The maximum absolute atomic E-state index is 11.3. The Kier molecular flexibility index (Phi) is 4.04. The Bertz CT molecular complexity index is 657. The molecule has 0 aliphatic heterocycles. The molecule has 0 saturated heterocycles. The molecule has 0 aliphatic carbocycles. The van der Waals surface area contributed by atoms with Crippen LogP contribution in [0.15, 0.2) is 56.1 Å². The Hall–Kier alpha value is -0.920. The van der Waals surface area contributed by atoms with Crippen molar-refractivity contribution >= 4 is 37.5 Å². The molecule has 2 aromatic rings. The average molecular weight is 345 g/mol. The van der Waals surface area contributed by atoms with Gasteiger partial charge >= 0.3 is 0 Å². The highest BCUT2D eigenvalue weighted by Crippen LogP contribution is 2.31. The summed E-state index contributed by atoms with van der Waals surface area (Å²) < 4.78 is 23.5. The van der Waals surface area contributed by atoms with Crippen LogP contribution in [-0.4, -0.2) is 24.6 Å². The molecular weight excluding hydrogens is 336 g/mol. The summed E-state index contributed by atoms with van der Waals surface area (Å²) in [6.07, 6.45) is 4.33. The maximum Gasteiger partial charge on any atom is 0.175 e. The second-order valence-corrected chi connectivity index (χ2v) is 7.45. The molecule has 1 aromatic carbocycles. The highest BCUT2D eigenvalue weighted by atomic mass is 79.9. The lowest BCUT2D eigenvalue weighted by atomic mass is 10.4. The van der Waals surface area contributed by atoms with E-state index in [-0.39, 0.29) is 0 Å². The molecule has 1 aromatic heterocycles. The summed E-state index contributed by atoms with van der Waals surface area (Å²) in [5.41, 5.74) is 0. The summed E-state index contributed by atoms with van der Waals surface area (Å²) >= 11 is 4.80. The van der Waals surface area contributed by atoms with Crippen LogP contribution in [0.25, 0.3) is 0 Å². The molecule has 7 heteroatoms. The lowest BCUT2D eigenvalue weighted by molar-refractivity contribution is 0.602. The molecule has 2 rings (SSSR count). The van der Waals surface area contributed by atoms with E-state index in [4.69, 9.17) is 0 Å². The smallest absolute Gasteiger partial charge is 0.175 e. The molecule has 0 fully saturated rings. The van der Waals surface area contributed by atoms with Gasteiger partial charge in [0.25, 0.3) is 0 Å². The highest BCUT2D eigenvalue weighted by molar-refractivity contribution is 9.10. The van der Waals surface area contributed by atoms with Crippen molar-refractivity contribution < 1.29 is 8.42 Å². The van der Waals surface area contributed by atoms with E-state index < -0.39 is 9.84 Å². The molecule has 0 aliphatic rings. The Balaban J connectivity index is 2.24. The molecule has 0 N–H and O–H groups in total. The van der Waals surface area contributed by atoms with Gasteiger partial charge in [-0.1, -0.05) is 11.8 Å². The predicted octanol–water partition coefficient (Wildman–Crippen LogP) is 2.79. The highest BCUT2D eigenvalue weighted by Gasteiger charge is 2.08. The monoisotopic (exact) mass is 344 g/mol. The van der Waals surface area contributed by atoms with E-state index in [1.54, 1.807) is 30.5 Å². The first-order valence-corrected chi connectivity index (χ1v) is 8.40. The largest absolute Gasteiger partial charge is 0.244 e. The first kappa shape index (κ1) is 13.5. The zero-order chi connectivity index (χ0) is 13.2. The molecule has 0 spiro atoms. The van der Waals surface area contributed by atoms with Gasteiger partial charge < -0.3 is 0 Å². The quantitative estimate of drug-likeness (QED) is 0.801. The van der Waals surface area contributed by atoms with Crippen LogP contribution in [0, 0.1) is 0 Å². The molecular formula is C11H9BrN2O2S2. The van der Waals surface area contributed by atoms with E-state index in [2.05, 4.69) is 25.9 Å². The minimum absolute atomic E-state index is 0.314. The number of rotatable bonds is 3. The van der Waals surface area contributed by atoms with Crippen molar-refractivity contribution in [3.63, 3.8) is 0 Å². The second-order valence-electron chi connectivity index (χ2n) is 3.52. The standard InChI is InChI=1S/C11H9BrN2O2S2/c1-18(15,16)9-4-2-8(3-5-9)17-11-10(12)6-13-7-14-11/h2-7H,1H3. The van der Waals surface area contributed by atoms with Crippen molar-refractivity contribution in [3.8, 4) is 0 Å². The van der Waals surface area contributed by atoms with Gasteiger partial charge in [0.05, 0.1) is 9.37 Å². The van der Waals surface area contributed by atoms with Gasteiger partial charge in [-0.3, -0.25) is 0 Å². The number of sulfone groups is 1. The lowest BCUT2D eigenvalue weighted by Gasteiger charge is -2.03. The molecule has 0 bridgehead atoms. The Morgan fingerprint density at radius 2 is 1.89 bits per heavy atom. The number of hydrogen-bond acceptors (Lipinski definition) is 5. The number of benzene rings is 1. The van der Waals surface area contributed by atoms with E-state index in [1.807, 2.05) is 0 Å². The minimum Gasteiger partial charge on any atom is -0.244 e. The first-order valence-electron chi connectivity index (χ1n) is 4.90. The van der Waals surface area contributed by atoms with E-state index in [0.717, 1.165) is 14.4 Å². The SMILES string of the molecule is CS(=O)(=O)c1ccc(Sc2ncncc2Br)cc1. The van der Waals surface area contributed by atoms with Gasteiger partial charge in [-0.05, 0) is 40.2 Å². The van der Waals surface area contributed by atoms with E-state index in [1.165, 1.54) is 24.3 Å². The van der Waals surface area contributed by atoms with Crippen molar-refractivity contribution in [2.24, 2.45) is 0 Å². The fourth-order valence-corrected chi connectivity index (χ4v) is 3.08. The summed E-state index contributed by atoms with van der Waals surface area (Å²) in [4.78, 5) is 9.25. The summed E-state index contributed by atoms with van der Waals surface area (Å²) in [7, 11) is -3.14. The Morgan fingerprint density at radius 3 is 2.44 bits per heavy atom. The van der Waals surface area contributed by atoms with Crippen LogP contribution >= 0.6 is 27.7 Å². The third kappa shape index (κ3) is 3.30. The van der Waals surface area contributed by atoms with Gasteiger partial charge in [0.2, 0.25) is 0 Å². The first-order chi connectivity index (χ1) is 8.47. The molecule has 0 atom stereocenters.